The lowest BCUT2D eigenvalue weighted by Crippen LogP contribution is -2.66. The Labute approximate surface area is 129 Å². The number of likely N-dealkylation sites (tertiary alicyclic amines) is 1. The first-order valence-electron chi connectivity index (χ1n) is 7.91. The smallest absolute Gasteiger partial charge is 0.252 e. The Morgan fingerprint density at radius 3 is 1.95 bits per heavy atom. The Balaban J connectivity index is 0.000000847. The van der Waals surface area contributed by atoms with E-state index >= 15 is 0 Å². The molecule has 4 N–H and O–H groups in total. The van der Waals surface area contributed by atoms with Crippen LogP contribution in [0.4, 0.5) is 8.78 Å². The van der Waals surface area contributed by atoms with Gasteiger partial charge in [-0.25, -0.2) is 13.7 Å². The molecule has 1 saturated heterocycles. The van der Waals surface area contributed by atoms with Crippen molar-refractivity contribution in [2.45, 2.75) is 76.5 Å². The van der Waals surface area contributed by atoms with Crippen molar-refractivity contribution >= 4 is 0 Å². The van der Waals surface area contributed by atoms with Gasteiger partial charge in [0.1, 0.15) is 0 Å². The largest absolute Gasteiger partial charge is 0.364 e. The van der Waals surface area contributed by atoms with Crippen molar-refractivity contribution in [1.82, 2.24) is 4.90 Å². The summed E-state index contributed by atoms with van der Waals surface area (Å²) in [5, 5.41) is 40.6. The first kappa shape index (κ1) is 18.0. The van der Waals surface area contributed by atoms with E-state index in [9.17, 15) is 29.2 Å². The standard InChI is InChI=1S/C13H21F2NO4.C2H6/c1-9(10(2,17)18)11(3-4-11)7-13(19,20)16(9)6-8-5-12(8,14)15;1-2/h8,17-20H,3-7H2,1-2H3;1-2H3/t8?,9-;/m0./s1. The predicted octanol–water partition coefficient (Wildman–Crippen LogP) is 1.25. The van der Waals surface area contributed by atoms with Crippen molar-refractivity contribution < 1.29 is 29.2 Å². The molecule has 5 nitrogen and oxygen atoms in total. The molecule has 1 aliphatic heterocycles. The van der Waals surface area contributed by atoms with Crippen molar-refractivity contribution in [2.24, 2.45) is 11.3 Å². The van der Waals surface area contributed by atoms with Gasteiger partial charge >= 0.3 is 0 Å². The van der Waals surface area contributed by atoms with E-state index in [1.807, 2.05) is 13.8 Å². The second-order valence-electron chi connectivity index (χ2n) is 7.10. The van der Waals surface area contributed by atoms with E-state index in [0.29, 0.717) is 12.8 Å². The molecule has 22 heavy (non-hydrogen) atoms. The van der Waals surface area contributed by atoms with E-state index in [0.717, 1.165) is 4.90 Å². The van der Waals surface area contributed by atoms with Crippen LogP contribution in [0.2, 0.25) is 0 Å². The zero-order valence-electron chi connectivity index (χ0n) is 13.6. The Bertz CT molecular complexity index is 445. The molecule has 0 aromatic carbocycles. The molecule has 3 fully saturated rings. The van der Waals surface area contributed by atoms with Gasteiger partial charge in [0.2, 0.25) is 5.91 Å². The summed E-state index contributed by atoms with van der Waals surface area (Å²) in [5.74, 6) is -8.24. The van der Waals surface area contributed by atoms with Crippen LogP contribution in [0.25, 0.3) is 0 Å². The maximum absolute atomic E-state index is 13.1. The van der Waals surface area contributed by atoms with Crippen molar-refractivity contribution in [1.29, 1.82) is 0 Å². The Morgan fingerprint density at radius 2 is 1.64 bits per heavy atom. The van der Waals surface area contributed by atoms with Gasteiger partial charge in [0, 0.05) is 30.7 Å². The van der Waals surface area contributed by atoms with Crippen molar-refractivity contribution in [3.05, 3.63) is 0 Å². The summed E-state index contributed by atoms with van der Waals surface area (Å²) >= 11 is 0. The van der Waals surface area contributed by atoms with Crippen LogP contribution in [0.1, 0.15) is 53.4 Å². The number of halogens is 2. The fraction of sp³-hybridized carbons (Fsp3) is 1.00. The number of aliphatic hydroxyl groups is 4. The normalized spacial score (nSPS) is 37.6. The van der Waals surface area contributed by atoms with Crippen LogP contribution < -0.4 is 0 Å². The lowest BCUT2D eigenvalue weighted by molar-refractivity contribution is -0.309. The number of hydrogen-bond acceptors (Lipinski definition) is 5. The minimum Gasteiger partial charge on any atom is -0.364 e. The Morgan fingerprint density at radius 1 is 1.18 bits per heavy atom. The third kappa shape index (κ3) is 2.38. The van der Waals surface area contributed by atoms with E-state index in [2.05, 4.69) is 0 Å². The summed E-state index contributed by atoms with van der Waals surface area (Å²) in [4.78, 5) is 1.07. The molecule has 0 aromatic heterocycles. The molecule has 0 amide bonds. The maximum atomic E-state index is 13.1. The van der Waals surface area contributed by atoms with Gasteiger partial charge in [-0.1, -0.05) is 13.8 Å². The highest BCUT2D eigenvalue weighted by atomic mass is 19.3. The van der Waals surface area contributed by atoms with Gasteiger partial charge in [-0.2, -0.15) is 0 Å². The second kappa shape index (κ2) is 4.83. The van der Waals surface area contributed by atoms with E-state index in [1.165, 1.54) is 13.8 Å². The molecule has 2 atom stereocenters. The summed E-state index contributed by atoms with van der Waals surface area (Å²) in [6.07, 6.45) is 0.906. The van der Waals surface area contributed by atoms with E-state index in [-0.39, 0.29) is 19.4 Å². The fourth-order valence-electron chi connectivity index (χ4n) is 3.96. The van der Waals surface area contributed by atoms with Gasteiger partial charge < -0.3 is 20.4 Å². The van der Waals surface area contributed by atoms with Gasteiger partial charge in [0.15, 0.2) is 5.79 Å². The molecular formula is C15H27F2NO4. The minimum atomic E-state index is -2.79. The topological polar surface area (TPSA) is 84.2 Å². The molecule has 1 heterocycles. The molecule has 1 spiro atoms. The molecule has 2 aliphatic carbocycles. The van der Waals surface area contributed by atoms with Gasteiger partial charge in [-0.3, -0.25) is 0 Å². The highest BCUT2D eigenvalue weighted by Crippen LogP contribution is 2.69. The molecule has 2 saturated carbocycles. The van der Waals surface area contributed by atoms with Crippen LogP contribution in [0.5, 0.6) is 0 Å². The average Bonchev–Trinajstić information content (AvgIpc) is 3.23. The lowest BCUT2D eigenvalue weighted by Gasteiger charge is -2.48. The molecule has 0 bridgehead atoms. The van der Waals surface area contributed by atoms with Crippen LogP contribution in [0, 0.1) is 11.3 Å². The highest BCUT2D eigenvalue weighted by Gasteiger charge is 2.77. The molecular weight excluding hydrogens is 296 g/mol. The quantitative estimate of drug-likeness (QED) is 0.588. The van der Waals surface area contributed by atoms with Crippen LogP contribution in [0.3, 0.4) is 0 Å². The van der Waals surface area contributed by atoms with Crippen LogP contribution in [0.15, 0.2) is 0 Å². The number of nitrogens with zero attached hydrogens (tertiary/aromatic N) is 1. The molecule has 0 radical (unpaired) electrons. The first-order chi connectivity index (χ1) is 9.86. The SMILES string of the molecule is CC.CC(O)(O)[C@]1(C)N(CC2CC2(F)F)C(O)(O)CC12CC2. The zero-order valence-corrected chi connectivity index (χ0v) is 13.6. The highest BCUT2D eigenvalue weighted by molar-refractivity contribution is 5.23. The van der Waals surface area contributed by atoms with Gasteiger partial charge in [0.05, 0.1) is 5.54 Å². The molecule has 1 unspecified atom stereocenters. The van der Waals surface area contributed by atoms with E-state index in [1.54, 1.807) is 0 Å². The van der Waals surface area contributed by atoms with E-state index < -0.39 is 34.5 Å². The molecule has 3 rings (SSSR count). The Kier molecular flexibility index (Phi) is 3.95. The number of hydrogen-bond donors (Lipinski definition) is 4. The van der Waals surface area contributed by atoms with Crippen LogP contribution in [-0.4, -0.2) is 55.0 Å². The van der Waals surface area contributed by atoms with Crippen molar-refractivity contribution in [3.8, 4) is 0 Å². The van der Waals surface area contributed by atoms with Gasteiger partial charge in [-0.15, -0.1) is 0 Å². The summed E-state index contributed by atoms with van der Waals surface area (Å²) in [7, 11) is 0. The lowest BCUT2D eigenvalue weighted by atomic mass is 9.76. The summed E-state index contributed by atoms with van der Waals surface area (Å²) < 4.78 is 26.3. The number of alkyl halides is 2. The number of rotatable bonds is 3. The first-order valence-corrected chi connectivity index (χ1v) is 7.91. The van der Waals surface area contributed by atoms with Crippen LogP contribution in [-0.2, 0) is 0 Å². The molecule has 0 aromatic rings. The predicted molar refractivity (Wildman–Crippen MR) is 75.8 cm³/mol. The Hall–Kier alpha value is -0.340. The van der Waals surface area contributed by atoms with Crippen molar-refractivity contribution in [3.63, 3.8) is 0 Å². The summed E-state index contributed by atoms with van der Waals surface area (Å²) in [5.41, 5.74) is -2.00. The molecule has 7 heteroatoms. The molecule has 130 valence electrons. The van der Waals surface area contributed by atoms with Crippen molar-refractivity contribution in [2.75, 3.05) is 6.54 Å². The van der Waals surface area contributed by atoms with Crippen LogP contribution >= 0.6 is 0 Å². The summed E-state index contributed by atoms with van der Waals surface area (Å²) in [6, 6.07) is 0. The fourth-order valence-corrected chi connectivity index (χ4v) is 3.96. The summed E-state index contributed by atoms with van der Waals surface area (Å²) in [6.45, 7) is 6.44. The van der Waals surface area contributed by atoms with Gasteiger partial charge in [-0.05, 0) is 26.7 Å². The minimum absolute atomic E-state index is 0.0501. The second-order valence-corrected chi connectivity index (χ2v) is 7.10. The van der Waals surface area contributed by atoms with E-state index in [4.69, 9.17) is 0 Å². The third-order valence-electron chi connectivity index (χ3n) is 5.71. The zero-order chi connectivity index (χ0) is 17.2. The average molecular weight is 323 g/mol. The molecule has 3 aliphatic rings. The van der Waals surface area contributed by atoms with Gasteiger partial charge in [0.25, 0.3) is 5.92 Å². The maximum Gasteiger partial charge on any atom is 0.252 e. The third-order valence-corrected chi connectivity index (χ3v) is 5.71. The monoisotopic (exact) mass is 323 g/mol.